The summed E-state index contributed by atoms with van der Waals surface area (Å²) in [7, 11) is 0. The van der Waals surface area contributed by atoms with Gasteiger partial charge in [-0.15, -0.1) is 0 Å². The molecule has 7 heteroatoms. The fourth-order valence-electron chi connectivity index (χ4n) is 8.53. The quantitative estimate of drug-likeness (QED) is 0.106. The van der Waals surface area contributed by atoms with Crippen LogP contribution in [0, 0.1) is 20.6 Å². The number of nitrogens with zero attached hydrogens (tertiary/aromatic N) is 3. The van der Waals surface area contributed by atoms with E-state index in [4.69, 9.17) is 4.98 Å². The van der Waals surface area contributed by atoms with Gasteiger partial charge in [-0.3, -0.25) is 4.79 Å². The standard InChI is InChI=1S/C42H40IN3O3/c1-40(2,3)36-34(37(47)41(36)23-25-45(26-24-41)39(48)49)27-29-15-13-14-22-33(29)35-28-46(38(43)44-35)42(30-16-7-4-8-17-30,31-18-9-5-10-19-31)32-20-11-6-12-21-32/h4-22,27-28,36H,23-26H2,1-3H3,(H,48,49)/b34-27+. The number of imidazole rings is 1. The molecular formula is C42H40IN3O3. The second-order valence-electron chi connectivity index (χ2n) is 14.3. The molecule has 1 saturated carbocycles. The Bertz CT molecular complexity index is 1930. The van der Waals surface area contributed by atoms with E-state index in [1.807, 2.05) is 30.3 Å². The van der Waals surface area contributed by atoms with Crippen LogP contribution in [0.15, 0.2) is 127 Å². The molecule has 1 aromatic heterocycles. The highest BCUT2D eigenvalue weighted by molar-refractivity contribution is 14.1. The van der Waals surface area contributed by atoms with E-state index in [9.17, 15) is 14.7 Å². The number of Topliss-reactive ketones (excluding diaryl/α,β-unsaturated/α-hetero) is 1. The number of amides is 1. The molecule has 6 nitrogen and oxygen atoms in total. The van der Waals surface area contributed by atoms with Gasteiger partial charge in [0.2, 0.25) is 0 Å². The van der Waals surface area contributed by atoms with E-state index in [1.165, 1.54) is 4.90 Å². The number of rotatable bonds is 6. The highest BCUT2D eigenvalue weighted by atomic mass is 127. The van der Waals surface area contributed by atoms with Crippen LogP contribution in [0.4, 0.5) is 4.79 Å². The fraction of sp³-hybridized carbons (Fsp3) is 0.262. The van der Waals surface area contributed by atoms with Gasteiger partial charge in [-0.25, -0.2) is 9.78 Å². The summed E-state index contributed by atoms with van der Waals surface area (Å²) in [5, 5.41) is 9.56. The molecule has 1 amide bonds. The number of halogens is 1. The summed E-state index contributed by atoms with van der Waals surface area (Å²) in [4.78, 5) is 32.4. The molecule has 248 valence electrons. The first-order chi connectivity index (χ1) is 23.6. The van der Waals surface area contributed by atoms with Crippen molar-refractivity contribution in [3.05, 3.63) is 153 Å². The smallest absolute Gasteiger partial charge is 0.407 e. The van der Waals surface area contributed by atoms with E-state index in [2.05, 4.69) is 145 Å². The van der Waals surface area contributed by atoms with Gasteiger partial charge in [0.15, 0.2) is 9.61 Å². The second-order valence-corrected chi connectivity index (χ2v) is 15.3. The minimum Gasteiger partial charge on any atom is -0.465 e. The Labute approximate surface area is 301 Å². The van der Waals surface area contributed by atoms with Crippen LogP contribution in [-0.4, -0.2) is 44.5 Å². The third kappa shape index (κ3) is 5.52. The Morgan fingerprint density at radius 1 is 0.816 bits per heavy atom. The molecule has 1 saturated heterocycles. The Morgan fingerprint density at radius 3 is 1.80 bits per heavy atom. The number of carbonyl (C=O) groups excluding carboxylic acids is 1. The molecule has 1 atom stereocenters. The minimum atomic E-state index is -0.913. The van der Waals surface area contributed by atoms with Crippen molar-refractivity contribution in [3.63, 3.8) is 0 Å². The molecule has 4 aromatic carbocycles. The number of hydrogen-bond acceptors (Lipinski definition) is 3. The van der Waals surface area contributed by atoms with Crippen LogP contribution in [0.25, 0.3) is 17.3 Å². The summed E-state index contributed by atoms with van der Waals surface area (Å²) in [5.74, 6) is 0.180. The van der Waals surface area contributed by atoms with Crippen molar-refractivity contribution >= 4 is 40.5 Å². The van der Waals surface area contributed by atoms with Gasteiger partial charge >= 0.3 is 6.09 Å². The third-order valence-corrected chi connectivity index (χ3v) is 11.3. The fourth-order valence-corrected chi connectivity index (χ4v) is 9.29. The lowest BCUT2D eigenvalue weighted by atomic mass is 9.45. The number of likely N-dealkylation sites (tertiary alicyclic amines) is 1. The SMILES string of the molecule is CC(C)(C)C1/C(=C\c2ccccc2-c2cn(C(c3ccccc3)(c3ccccc3)c3ccccc3)c(I)n2)C(=O)C12CCN(C(=O)O)CC2. The number of piperidine rings is 1. The maximum absolute atomic E-state index is 14.1. The van der Waals surface area contributed by atoms with Gasteiger partial charge in [0.05, 0.1) is 5.69 Å². The number of carbonyl (C=O) groups is 2. The molecule has 2 aliphatic rings. The van der Waals surface area contributed by atoms with Crippen molar-refractivity contribution < 1.29 is 14.7 Å². The van der Waals surface area contributed by atoms with Gasteiger partial charge in [-0.1, -0.05) is 136 Å². The van der Waals surface area contributed by atoms with Crippen molar-refractivity contribution in [2.75, 3.05) is 13.1 Å². The highest BCUT2D eigenvalue weighted by Gasteiger charge is 2.62. The molecule has 1 aliphatic heterocycles. The van der Waals surface area contributed by atoms with Gasteiger partial charge < -0.3 is 14.6 Å². The van der Waals surface area contributed by atoms with Gasteiger partial charge in [0.25, 0.3) is 0 Å². The number of ketones is 1. The van der Waals surface area contributed by atoms with Gasteiger partial charge in [0.1, 0.15) is 5.54 Å². The summed E-state index contributed by atoms with van der Waals surface area (Å²) in [6.45, 7) is 7.35. The van der Waals surface area contributed by atoms with Crippen molar-refractivity contribution in [1.82, 2.24) is 14.5 Å². The topological polar surface area (TPSA) is 75.4 Å². The Hall–Kier alpha value is -4.50. The summed E-state index contributed by atoms with van der Waals surface area (Å²) in [6, 6.07) is 39.9. The zero-order chi connectivity index (χ0) is 34.4. The van der Waals surface area contributed by atoms with E-state index in [-0.39, 0.29) is 17.1 Å². The molecule has 1 spiro atoms. The van der Waals surface area contributed by atoms with Crippen molar-refractivity contribution in [3.8, 4) is 11.3 Å². The molecular weight excluding hydrogens is 721 g/mol. The zero-order valence-corrected chi connectivity index (χ0v) is 30.2. The molecule has 1 unspecified atom stereocenters. The summed E-state index contributed by atoms with van der Waals surface area (Å²) >= 11 is 2.35. The second kappa shape index (κ2) is 12.8. The molecule has 5 aromatic rings. The van der Waals surface area contributed by atoms with Crippen LogP contribution in [0.1, 0.15) is 55.9 Å². The lowest BCUT2D eigenvalue weighted by Gasteiger charge is -2.58. The monoisotopic (exact) mass is 761 g/mol. The van der Waals surface area contributed by atoms with Crippen LogP contribution in [0.3, 0.4) is 0 Å². The number of hydrogen-bond donors (Lipinski definition) is 1. The van der Waals surface area contributed by atoms with Crippen LogP contribution in [-0.2, 0) is 10.3 Å². The van der Waals surface area contributed by atoms with Crippen LogP contribution < -0.4 is 0 Å². The van der Waals surface area contributed by atoms with Crippen LogP contribution >= 0.6 is 22.6 Å². The van der Waals surface area contributed by atoms with Gasteiger partial charge in [0, 0.05) is 41.8 Å². The number of allylic oxidation sites excluding steroid dienone is 1. The van der Waals surface area contributed by atoms with Crippen molar-refractivity contribution in [2.24, 2.45) is 16.7 Å². The molecule has 2 fully saturated rings. The summed E-state index contributed by atoms with van der Waals surface area (Å²) < 4.78 is 3.12. The molecule has 0 bridgehead atoms. The molecule has 49 heavy (non-hydrogen) atoms. The maximum Gasteiger partial charge on any atom is 0.407 e. The third-order valence-electron chi connectivity index (χ3n) is 10.5. The van der Waals surface area contributed by atoms with Crippen LogP contribution in [0.2, 0.25) is 0 Å². The van der Waals surface area contributed by atoms with Gasteiger partial charge in [-0.2, -0.15) is 0 Å². The highest BCUT2D eigenvalue weighted by Crippen LogP contribution is 2.61. The van der Waals surface area contributed by atoms with E-state index in [0.29, 0.717) is 25.9 Å². The molecule has 7 rings (SSSR count). The number of aromatic nitrogens is 2. The molecule has 1 N–H and O–H groups in total. The van der Waals surface area contributed by atoms with Crippen molar-refractivity contribution in [1.29, 1.82) is 0 Å². The first-order valence-electron chi connectivity index (χ1n) is 16.8. The number of carboxylic acid groups (broad SMARTS) is 1. The Morgan fingerprint density at radius 2 is 1.31 bits per heavy atom. The zero-order valence-electron chi connectivity index (χ0n) is 28.0. The van der Waals surface area contributed by atoms with Crippen molar-refractivity contribution in [2.45, 2.75) is 39.2 Å². The average molecular weight is 762 g/mol. The summed E-state index contributed by atoms with van der Waals surface area (Å²) in [5.41, 5.74) is 5.53. The maximum atomic E-state index is 14.1. The number of benzene rings is 4. The summed E-state index contributed by atoms with van der Waals surface area (Å²) in [6.07, 6.45) is 4.43. The van der Waals surface area contributed by atoms with Crippen LogP contribution in [0.5, 0.6) is 0 Å². The first kappa shape index (κ1) is 33.0. The minimum absolute atomic E-state index is 0.0242. The van der Waals surface area contributed by atoms with Gasteiger partial charge in [-0.05, 0) is 69.2 Å². The molecule has 2 heterocycles. The predicted molar refractivity (Wildman–Crippen MR) is 202 cm³/mol. The van der Waals surface area contributed by atoms with E-state index in [1.54, 1.807) is 0 Å². The lowest BCUT2D eigenvalue weighted by molar-refractivity contribution is -0.146. The largest absolute Gasteiger partial charge is 0.465 e. The normalized spacial score (nSPS) is 18.4. The molecule has 0 radical (unpaired) electrons. The Balaban J connectivity index is 1.36. The first-order valence-corrected chi connectivity index (χ1v) is 17.9. The van der Waals surface area contributed by atoms with E-state index in [0.717, 1.165) is 42.9 Å². The lowest BCUT2D eigenvalue weighted by Crippen LogP contribution is -2.61. The Kier molecular flexibility index (Phi) is 8.59. The predicted octanol–water partition coefficient (Wildman–Crippen LogP) is 9.38. The van der Waals surface area contributed by atoms with E-state index < -0.39 is 17.0 Å². The average Bonchev–Trinajstić information content (AvgIpc) is 3.50. The molecule has 1 aliphatic carbocycles. The van der Waals surface area contributed by atoms with E-state index >= 15 is 0 Å².